The van der Waals surface area contributed by atoms with Gasteiger partial charge in [-0.25, -0.2) is 12.6 Å². The van der Waals surface area contributed by atoms with Crippen LogP contribution in [0.3, 0.4) is 0 Å². The summed E-state index contributed by atoms with van der Waals surface area (Å²) >= 11 is 0. The third kappa shape index (κ3) is 11.9. The SMILES string of the molecule is CC([O-])=N[C@H]1C(O)O[C@H](COS(=O)(=O)[O-])[C@H](O)[C@@H]1O[C@@H]1O[C@H](C(=O)[O-])[C@@H](O)[C@H](O)[C@H]1OS(=O)(=O)O.[Na+].[Na+].[Na+]. The number of nitrogens with zero attached hydrogens (tertiary/aromatic N) is 1. The Balaban J connectivity index is 0. The number of hydrogen-bond acceptors (Lipinski definition) is 18. The number of carbonyl (C=O) groups excluding carboxylic acids is 1. The van der Waals surface area contributed by atoms with Crippen LogP contribution >= 0.6 is 0 Å². The van der Waals surface area contributed by atoms with Crippen LogP contribution in [-0.4, -0.2) is 126 Å². The first kappa shape index (κ1) is 41.5. The van der Waals surface area contributed by atoms with E-state index in [9.17, 15) is 56.8 Å². The summed E-state index contributed by atoms with van der Waals surface area (Å²) in [7, 11) is -10.7. The summed E-state index contributed by atoms with van der Waals surface area (Å²) in [6, 6.07) is -1.87. The van der Waals surface area contributed by atoms with E-state index in [0.29, 0.717) is 0 Å². The average Bonchev–Trinajstić information content (AvgIpc) is 2.69. The van der Waals surface area contributed by atoms with Crippen molar-refractivity contribution < 1.29 is 173 Å². The quantitative estimate of drug-likeness (QED) is 0.0523. The van der Waals surface area contributed by atoms with Gasteiger partial charge in [0, 0.05) is 0 Å². The third-order valence-corrected chi connectivity index (χ3v) is 5.56. The maximum Gasteiger partial charge on any atom is 1.00 e. The number of ether oxygens (including phenoxy) is 3. The van der Waals surface area contributed by atoms with Gasteiger partial charge in [-0.05, 0) is 12.8 Å². The maximum absolute atomic E-state index is 11.5. The van der Waals surface area contributed by atoms with Crippen LogP contribution in [0, 0.1) is 0 Å². The molecule has 0 aromatic heterocycles. The van der Waals surface area contributed by atoms with E-state index in [0.717, 1.165) is 6.92 Å². The van der Waals surface area contributed by atoms with Gasteiger partial charge in [0.05, 0.1) is 12.6 Å². The van der Waals surface area contributed by atoms with E-state index in [1.807, 2.05) is 0 Å². The third-order valence-electron chi connectivity index (χ3n) is 4.67. The molecule has 204 valence electrons. The second-order valence-electron chi connectivity index (χ2n) is 7.20. The van der Waals surface area contributed by atoms with Gasteiger partial charge in [0.2, 0.25) is 10.4 Å². The molecule has 2 fully saturated rings. The number of carboxylic acid groups (broad SMARTS) is 1. The Bertz CT molecular complexity index is 1010. The maximum atomic E-state index is 11.5. The van der Waals surface area contributed by atoms with E-state index < -0.39 is 101 Å². The van der Waals surface area contributed by atoms with E-state index in [1.54, 1.807) is 0 Å². The van der Waals surface area contributed by atoms with Crippen molar-refractivity contribution in [2.75, 3.05) is 6.61 Å². The van der Waals surface area contributed by atoms with Crippen molar-refractivity contribution in [3.05, 3.63) is 0 Å². The van der Waals surface area contributed by atoms with Gasteiger partial charge in [0.1, 0.15) is 42.7 Å². The van der Waals surface area contributed by atoms with Gasteiger partial charge in [0.25, 0.3) is 0 Å². The van der Waals surface area contributed by atoms with Crippen LogP contribution in [0.2, 0.25) is 0 Å². The molecule has 0 radical (unpaired) electrons. The van der Waals surface area contributed by atoms with E-state index in [2.05, 4.69) is 13.4 Å². The van der Waals surface area contributed by atoms with Crippen LogP contribution in [0.4, 0.5) is 0 Å². The van der Waals surface area contributed by atoms with Gasteiger partial charge in [-0.15, -0.1) is 0 Å². The molecule has 0 aromatic rings. The molecule has 0 aromatic carbocycles. The summed E-state index contributed by atoms with van der Waals surface area (Å²) in [4.78, 5) is 14.7. The molecule has 5 N–H and O–H groups in total. The summed E-state index contributed by atoms with van der Waals surface area (Å²) < 4.78 is 86.6. The minimum atomic E-state index is -5.41. The molecule has 0 bridgehead atoms. The van der Waals surface area contributed by atoms with E-state index in [4.69, 9.17) is 18.8 Å². The first-order valence-corrected chi connectivity index (χ1v) is 12.0. The van der Waals surface area contributed by atoms with Crippen LogP contribution in [0.15, 0.2) is 4.99 Å². The van der Waals surface area contributed by atoms with Crippen LogP contribution < -0.4 is 98.9 Å². The molecule has 2 aliphatic rings. The van der Waals surface area contributed by atoms with Gasteiger partial charge < -0.3 is 54.2 Å². The molecule has 38 heavy (non-hydrogen) atoms. The summed E-state index contributed by atoms with van der Waals surface area (Å²) in [6.07, 6.45) is -20.2. The number of carboxylic acids is 1. The van der Waals surface area contributed by atoms with Crippen molar-refractivity contribution in [3.8, 4) is 0 Å². The number of aliphatic imine (C=N–C) groups is 1. The second-order valence-corrected chi connectivity index (χ2v) is 9.30. The van der Waals surface area contributed by atoms with Gasteiger partial charge in [-0.3, -0.25) is 13.7 Å². The van der Waals surface area contributed by atoms with Crippen LogP contribution in [0.25, 0.3) is 0 Å². The van der Waals surface area contributed by atoms with Crippen molar-refractivity contribution in [2.45, 2.75) is 68.3 Å². The van der Waals surface area contributed by atoms with Crippen molar-refractivity contribution in [2.24, 2.45) is 4.99 Å². The Hall–Kier alpha value is 1.40. The molecule has 2 saturated heterocycles. The van der Waals surface area contributed by atoms with Crippen molar-refractivity contribution in [1.82, 2.24) is 0 Å². The molecule has 2 rings (SSSR count). The molecule has 24 heteroatoms. The number of hydrogen-bond donors (Lipinski definition) is 5. The van der Waals surface area contributed by atoms with Crippen LogP contribution in [-0.2, 0) is 48.2 Å². The number of rotatable bonds is 9. The first-order valence-electron chi connectivity index (χ1n) is 9.28. The number of aliphatic carboxylic acids is 1. The van der Waals surface area contributed by atoms with Gasteiger partial charge in [0.15, 0.2) is 18.7 Å². The molecule has 0 spiro atoms. The largest absolute Gasteiger partial charge is 1.00 e. The fraction of sp³-hybridized carbons (Fsp3) is 0.857. The van der Waals surface area contributed by atoms with Crippen molar-refractivity contribution in [3.63, 3.8) is 0 Å². The predicted octanol–water partition coefficient (Wildman–Crippen LogP) is -16.5. The number of carbonyl (C=O) groups is 1. The topological polar surface area (TPSA) is 314 Å². The van der Waals surface area contributed by atoms with Gasteiger partial charge in [-0.1, -0.05) is 0 Å². The molecule has 0 amide bonds. The minimum absolute atomic E-state index is 0. The number of aliphatic hydroxyl groups excluding tert-OH is 4. The Morgan fingerprint density at radius 1 is 0.947 bits per heavy atom. The summed E-state index contributed by atoms with van der Waals surface area (Å²) in [5.41, 5.74) is 0. The summed E-state index contributed by atoms with van der Waals surface area (Å²) in [5, 5.41) is 63.5. The van der Waals surface area contributed by atoms with Crippen LogP contribution in [0.1, 0.15) is 6.92 Å². The van der Waals surface area contributed by atoms with Gasteiger partial charge >= 0.3 is 99.1 Å². The zero-order valence-electron chi connectivity index (χ0n) is 20.3. The van der Waals surface area contributed by atoms with Crippen molar-refractivity contribution in [1.29, 1.82) is 0 Å². The molecule has 1 unspecified atom stereocenters. The zero-order chi connectivity index (χ0) is 26.9. The van der Waals surface area contributed by atoms with E-state index >= 15 is 0 Å². The fourth-order valence-corrected chi connectivity index (χ4v) is 4.04. The minimum Gasteiger partial charge on any atom is -0.862 e. The molecule has 2 aliphatic heterocycles. The normalized spacial score (nSPS) is 36.2. The molecule has 0 aliphatic carbocycles. The molecular formula is C14H20NNa3O18S2. The second kappa shape index (κ2) is 16.9. The number of aliphatic hydroxyl groups is 4. The summed E-state index contributed by atoms with van der Waals surface area (Å²) in [6.45, 7) is -0.306. The molecular weight excluding hydrogens is 603 g/mol. The smallest absolute Gasteiger partial charge is 0.862 e. The monoisotopic (exact) mass is 623 g/mol. The molecule has 19 nitrogen and oxygen atoms in total. The van der Waals surface area contributed by atoms with Crippen molar-refractivity contribution >= 4 is 32.7 Å². The van der Waals surface area contributed by atoms with E-state index in [-0.39, 0.29) is 88.7 Å². The molecule has 0 saturated carbocycles. The summed E-state index contributed by atoms with van der Waals surface area (Å²) in [5.74, 6) is -3.10. The Labute approximate surface area is 282 Å². The Morgan fingerprint density at radius 2 is 1.50 bits per heavy atom. The van der Waals surface area contributed by atoms with Gasteiger partial charge in [-0.2, -0.15) is 8.42 Å². The Morgan fingerprint density at radius 3 is 1.95 bits per heavy atom. The predicted molar refractivity (Wildman–Crippen MR) is 96.4 cm³/mol. The zero-order valence-corrected chi connectivity index (χ0v) is 27.9. The fourth-order valence-electron chi connectivity index (χ4n) is 3.25. The van der Waals surface area contributed by atoms with E-state index in [1.165, 1.54) is 0 Å². The molecule has 2 heterocycles. The first-order chi connectivity index (χ1) is 15.9. The standard InChI is InChI=1S/C14H23NO18S2.3Na/c1-3(16)15-5-9(6(17)4(30-13(5)22)2-29-34(23,24)25)31-14-11(33-35(26,27)28)8(19)7(18)10(32-14)12(20)21;;;/h4-11,13-14,17-19,22H,2H2,1H3,(H,15,16)(H,20,21)(H,23,24,25)(H,26,27,28);;;/q;3*+1/p-3/t4-,5-,6+,7+,8+,9-,10+,11-,13?,14-;;;/m1.../s1. The Kier molecular flexibility index (Phi) is 18.5. The average molecular weight is 623 g/mol. The molecule has 10 atom stereocenters. The van der Waals surface area contributed by atoms with Crippen LogP contribution in [0.5, 0.6) is 0 Å².